The molecule has 0 N–H and O–H groups in total. The largest absolute Gasteiger partial charge is 1.00 e. The van der Waals surface area contributed by atoms with Crippen LogP contribution in [0.2, 0.25) is 0 Å². The molecule has 0 aliphatic carbocycles. The first-order valence-electron chi connectivity index (χ1n) is 3.74. The van der Waals surface area contributed by atoms with Crippen molar-refractivity contribution in [1.29, 1.82) is 0 Å². The molecule has 2 aromatic heterocycles. The van der Waals surface area contributed by atoms with E-state index in [1.165, 1.54) is 4.68 Å². The first-order chi connectivity index (χ1) is 6.25. The summed E-state index contributed by atoms with van der Waals surface area (Å²) in [7, 11) is 0. The summed E-state index contributed by atoms with van der Waals surface area (Å²) in [4.78, 5) is 14.2. The number of carbonyl (C=O) groups excluding carboxylic acids is 1. The minimum Gasteiger partial charge on any atom is -0.548 e. The van der Waals surface area contributed by atoms with Gasteiger partial charge in [0, 0.05) is 17.8 Å². The molecule has 0 atom stereocenters. The number of hydrogen-bond donors (Lipinski definition) is 0. The molecule has 6 heteroatoms. The van der Waals surface area contributed by atoms with Crippen LogP contribution in [-0.2, 0) is 11.3 Å². The molecule has 0 aliphatic heterocycles. The van der Waals surface area contributed by atoms with Crippen LogP contribution in [0.5, 0.6) is 0 Å². The minimum atomic E-state index is -1.16. The number of fused-ring (bicyclic) bond motifs is 1. The molecule has 2 rings (SSSR count). The summed E-state index contributed by atoms with van der Waals surface area (Å²) >= 11 is 0. The molecule has 14 heavy (non-hydrogen) atoms. The zero-order valence-corrected chi connectivity index (χ0v) is 7.67. The molecule has 0 spiro atoms. The monoisotopic (exact) mass is 183 g/mol. The van der Waals surface area contributed by atoms with Crippen LogP contribution in [0.25, 0.3) is 11.0 Å². The van der Waals surface area contributed by atoms with E-state index in [0.29, 0.717) is 5.65 Å². The Hall–Kier alpha value is -1.31. The summed E-state index contributed by atoms with van der Waals surface area (Å²) in [5, 5.41) is 15.0. The van der Waals surface area contributed by atoms with E-state index in [-0.39, 0.29) is 25.4 Å². The normalized spacial score (nSPS) is 9.71. The van der Waals surface area contributed by atoms with Crippen molar-refractivity contribution in [3.8, 4) is 0 Å². The molecule has 0 aromatic carbocycles. The Morgan fingerprint density at radius 3 is 3.00 bits per heavy atom. The van der Waals surface area contributed by atoms with Crippen LogP contribution in [0.1, 0.15) is 0 Å². The summed E-state index contributed by atoms with van der Waals surface area (Å²) in [6.07, 6.45) is 3.23. The number of aromatic nitrogens is 3. The van der Waals surface area contributed by atoms with Crippen molar-refractivity contribution in [3.05, 3.63) is 24.5 Å². The van der Waals surface area contributed by atoms with Gasteiger partial charge in [0.15, 0.2) is 5.65 Å². The number of carboxylic acids is 1. The molecule has 2 aromatic rings. The second-order valence-corrected chi connectivity index (χ2v) is 2.61. The number of carboxylic acid groups (broad SMARTS) is 1. The van der Waals surface area contributed by atoms with E-state index >= 15 is 0 Å². The number of rotatable bonds is 2. The van der Waals surface area contributed by atoms with Gasteiger partial charge in [0.1, 0.15) is 0 Å². The summed E-state index contributed by atoms with van der Waals surface area (Å²) in [5.74, 6) is -1.16. The van der Waals surface area contributed by atoms with Crippen LogP contribution >= 0.6 is 0 Å². The fourth-order valence-electron chi connectivity index (χ4n) is 1.12. The van der Waals surface area contributed by atoms with Crippen molar-refractivity contribution < 1.29 is 28.8 Å². The van der Waals surface area contributed by atoms with Gasteiger partial charge in [-0.1, -0.05) is 0 Å². The van der Waals surface area contributed by atoms with Gasteiger partial charge in [-0.15, -0.1) is 0 Å². The maximum atomic E-state index is 10.3. The van der Waals surface area contributed by atoms with E-state index in [9.17, 15) is 9.90 Å². The Kier molecular flexibility index (Phi) is 3.28. The maximum Gasteiger partial charge on any atom is 1.00 e. The molecule has 5 nitrogen and oxygen atoms in total. The summed E-state index contributed by atoms with van der Waals surface area (Å²) < 4.78 is 1.30. The van der Waals surface area contributed by atoms with Crippen LogP contribution in [0.15, 0.2) is 24.5 Å². The Balaban J connectivity index is 0.000000980. The molecule has 0 unspecified atom stereocenters. The van der Waals surface area contributed by atoms with Gasteiger partial charge in [0.2, 0.25) is 0 Å². The van der Waals surface area contributed by atoms with Gasteiger partial charge in [0.25, 0.3) is 0 Å². The van der Waals surface area contributed by atoms with Crippen LogP contribution in [-0.4, -0.2) is 20.7 Å². The van der Waals surface area contributed by atoms with E-state index in [1.807, 2.05) is 6.07 Å². The third-order valence-electron chi connectivity index (χ3n) is 1.62. The fraction of sp³-hybridized carbons (Fsp3) is 0.125. The van der Waals surface area contributed by atoms with Gasteiger partial charge in [-0.3, -0.25) is 4.68 Å². The zero-order chi connectivity index (χ0) is 9.26. The van der Waals surface area contributed by atoms with Crippen LogP contribution < -0.4 is 24.0 Å². The average molecular weight is 183 g/mol. The molecule has 0 bridgehead atoms. The molecule has 0 radical (unpaired) electrons. The third kappa shape index (κ3) is 2.13. The zero-order valence-electron chi connectivity index (χ0n) is 7.67. The summed E-state index contributed by atoms with van der Waals surface area (Å²) in [5.41, 5.74) is 0.545. The van der Waals surface area contributed by atoms with Gasteiger partial charge in [-0.05, 0) is 12.1 Å². The van der Waals surface area contributed by atoms with E-state index in [4.69, 9.17) is 0 Å². The molecule has 0 amide bonds. The predicted octanol–water partition coefficient (Wildman–Crippen LogP) is -3.81. The number of nitrogens with zero attached hydrogens (tertiary/aromatic N) is 3. The van der Waals surface area contributed by atoms with Crippen molar-refractivity contribution in [2.75, 3.05) is 0 Å². The van der Waals surface area contributed by atoms with Crippen molar-refractivity contribution in [2.45, 2.75) is 6.54 Å². The SMILES string of the molecule is O=C([O-])Cn1cc2cccnc2n1.[Li+]. The van der Waals surface area contributed by atoms with Gasteiger partial charge in [0.05, 0.1) is 12.5 Å². The topological polar surface area (TPSA) is 70.8 Å². The van der Waals surface area contributed by atoms with Crippen LogP contribution in [0.3, 0.4) is 0 Å². The number of pyridine rings is 1. The van der Waals surface area contributed by atoms with E-state index in [1.54, 1.807) is 18.5 Å². The van der Waals surface area contributed by atoms with E-state index in [2.05, 4.69) is 10.1 Å². The Labute approximate surface area is 91.9 Å². The van der Waals surface area contributed by atoms with Crippen molar-refractivity contribution in [3.63, 3.8) is 0 Å². The van der Waals surface area contributed by atoms with Crippen LogP contribution in [0.4, 0.5) is 0 Å². The molecular weight excluding hydrogens is 177 g/mol. The Morgan fingerprint density at radius 1 is 1.57 bits per heavy atom. The molecule has 0 aliphatic rings. The summed E-state index contributed by atoms with van der Waals surface area (Å²) in [6, 6.07) is 3.59. The molecule has 0 saturated heterocycles. The first kappa shape index (κ1) is 10.8. The van der Waals surface area contributed by atoms with Gasteiger partial charge >= 0.3 is 18.9 Å². The molecule has 0 fully saturated rings. The minimum absolute atomic E-state index is 0. The van der Waals surface area contributed by atoms with E-state index in [0.717, 1.165) is 5.39 Å². The van der Waals surface area contributed by atoms with Gasteiger partial charge in [-0.25, -0.2) is 4.98 Å². The average Bonchev–Trinajstić information content (AvgIpc) is 2.44. The standard InChI is InChI=1S/C8H7N3O2.Li/c12-7(13)5-11-4-6-2-1-3-9-8(6)10-11;/h1-4H,5H2,(H,12,13);/q;+1/p-1. The molecule has 0 saturated carbocycles. The molecular formula is C8H6LiN3O2. The molecule has 2 heterocycles. The van der Waals surface area contributed by atoms with Crippen molar-refractivity contribution >= 4 is 17.0 Å². The second kappa shape index (κ2) is 4.27. The molecule has 66 valence electrons. The van der Waals surface area contributed by atoms with Crippen molar-refractivity contribution in [1.82, 2.24) is 14.8 Å². The van der Waals surface area contributed by atoms with E-state index < -0.39 is 5.97 Å². The first-order valence-corrected chi connectivity index (χ1v) is 3.74. The number of carbonyl (C=O) groups is 1. The fourth-order valence-corrected chi connectivity index (χ4v) is 1.12. The quantitative estimate of drug-likeness (QED) is 0.447. The smallest absolute Gasteiger partial charge is 0.548 e. The third-order valence-corrected chi connectivity index (χ3v) is 1.62. The predicted molar refractivity (Wildman–Crippen MR) is 42.5 cm³/mol. The van der Waals surface area contributed by atoms with Gasteiger partial charge in [-0.2, -0.15) is 5.10 Å². The Morgan fingerprint density at radius 2 is 2.36 bits per heavy atom. The number of aliphatic carboxylic acids is 1. The van der Waals surface area contributed by atoms with Crippen LogP contribution in [0, 0.1) is 0 Å². The van der Waals surface area contributed by atoms with Gasteiger partial charge < -0.3 is 9.90 Å². The summed E-state index contributed by atoms with van der Waals surface area (Å²) in [6.45, 7) is -0.240. The maximum absolute atomic E-state index is 10.3. The van der Waals surface area contributed by atoms with Crippen molar-refractivity contribution in [2.24, 2.45) is 0 Å². The second-order valence-electron chi connectivity index (χ2n) is 2.61. The number of hydrogen-bond acceptors (Lipinski definition) is 4. The Bertz CT molecular complexity index is 422.